The number of methoxy groups -OCH3 is 1. The van der Waals surface area contributed by atoms with Crippen molar-refractivity contribution in [3.05, 3.63) is 66.2 Å². The highest BCUT2D eigenvalue weighted by Crippen LogP contribution is 2.50. The summed E-state index contributed by atoms with van der Waals surface area (Å²) in [7, 11) is 7.30. The van der Waals surface area contributed by atoms with Crippen LogP contribution in [0.25, 0.3) is 11.1 Å². The van der Waals surface area contributed by atoms with Crippen LogP contribution >= 0.6 is 0 Å². The number of amides is 1. The fourth-order valence-electron chi connectivity index (χ4n) is 3.84. The molecule has 7 heteroatoms. The summed E-state index contributed by atoms with van der Waals surface area (Å²) in [6.07, 6.45) is 7.02. The molecule has 2 aromatic heterocycles. The number of hydrogen-bond acceptors (Lipinski definition) is 6. The third-order valence-corrected chi connectivity index (χ3v) is 5.78. The molecule has 0 unspecified atom stereocenters. The van der Waals surface area contributed by atoms with Crippen molar-refractivity contribution in [2.75, 3.05) is 33.2 Å². The summed E-state index contributed by atoms with van der Waals surface area (Å²) in [6, 6.07) is 11.7. The molecule has 1 amide bonds. The number of ether oxygens (including phenoxy) is 1. The van der Waals surface area contributed by atoms with Crippen LogP contribution in [0.1, 0.15) is 24.1 Å². The number of anilines is 1. The first-order chi connectivity index (χ1) is 14.9. The standard InChI is InChI=1S/C24H27N5O2/c1-28(2)23-26-15-20(17-9-13-25-14-10-17)21(27-23)16-29(3)22(30)24(11-12-24)18-5-7-19(31-4)8-6-18/h5-10,13-15H,11-12,16H2,1-4H3. The van der Waals surface area contributed by atoms with Crippen molar-refractivity contribution in [1.82, 2.24) is 19.9 Å². The quantitative estimate of drug-likeness (QED) is 0.587. The minimum atomic E-state index is -0.449. The predicted molar refractivity (Wildman–Crippen MR) is 120 cm³/mol. The van der Waals surface area contributed by atoms with Gasteiger partial charge in [0.1, 0.15) is 5.75 Å². The zero-order valence-corrected chi connectivity index (χ0v) is 18.4. The van der Waals surface area contributed by atoms with Gasteiger partial charge in [0.05, 0.1) is 24.8 Å². The lowest BCUT2D eigenvalue weighted by Crippen LogP contribution is -2.36. The van der Waals surface area contributed by atoms with Gasteiger partial charge in [-0.2, -0.15) is 0 Å². The molecule has 0 aliphatic heterocycles. The topological polar surface area (TPSA) is 71.5 Å². The van der Waals surface area contributed by atoms with Gasteiger partial charge in [0.25, 0.3) is 0 Å². The van der Waals surface area contributed by atoms with Crippen LogP contribution in [0.3, 0.4) is 0 Å². The largest absolute Gasteiger partial charge is 0.497 e. The Hall–Kier alpha value is -3.48. The van der Waals surface area contributed by atoms with E-state index in [1.165, 1.54) is 0 Å². The van der Waals surface area contributed by atoms with Crippen LogP contribution in [0.5, 0.6) is 5.75 Å². The van der Waals surface area contributed by atoms with Crippen LogP contribution < -0.4 is 9.64 Å². The maximum atomic E-state index is 13.5. The Morgan fingerprint density at radius 3 is 2.32 bits per heavy atom. The van der Waals surface area contributed by atoms with E-state index in [1.54, 1.807) is 24.4 Å². The molecule has 0 spiro atoms. The number of carbonyl (C=O) groups excluding carboxylic acids is 1. The lowest BCUT2D eigenvalue weighted by molar-refractivity contribution is -0.133. The van der Waals surface area contributed by atoms with Crippen LogP contribution in [-0.2, 0) is 16.8 Å². The highest BCUT2D eigenvalue weighted by molar-refractivity contribution is 5.91. The molecule has 0 atom stereocenters. The molecule has 1 aliphatic carbocycles. The number of hydrogen-bond donors (Lipinski definition) is 0. The van der Waals surface area contributed by atoms with E-state index >= 15 is 0 Å². The average molecular weight is 418 g/mol. The van der Waals surface area contributed by atoms with E-state index in [0.717, 1.165) is 41.0 Å². The van der Waals surface area contributed by atoms with Crippen molar-refractivity contribution >= 4 is 11.9 Å². The SMILES string of the molecule is COc1ccc(C2(C(=O)N(C)Cc3nc(N(C)C)ncc3-c3ccncc3)CC2)cc1. The first-order valence-electron chi connectivity index (χ1n) is 10.3. The third kappa shape index (κ3) is 4.08. The Bertz CT molecular complexity index is 1060. The van der Waals surface area contributed by atoms with E-state index in [1.807, 2.05) is 68.6 Å². The van der Waals surface area contributed by atoms with Gasteiger partial charge in [0.2, 0.25) is 11.9 Å². The molecule has 7 nitrogen and oxygen atoms in total. The zero-order chi connectivity index (χ0) is 22.0. The minimum Gasteiger partial charge on any atom is -0.497 e. The van der Waals surface area contributed by atoms with Crippen LogP contribution in [0, 0.1) is 0 Å². The Kier molecular flexibility index (Phi) is 5.59. The summed E-state index contributed by atoms with van der Waals surface area (Å²) < 4.78 is 5.26. The van der Waals surface area contributed by atoms with Crippen molar-refractivity contribution in [3.8, 4) is 16.9 Å². The van der Waals surface area contributed by atoms with Crippen molar-refractivity contribution < 1.29 is 9.53 Å². The monoisotopic (exact) mass is 417 g/mol. The lowest BCUT2D eigenvalue weighted by Gasteiger charge is -2.25. The number of likely N-dealkylation sites (N-methyl/N-ethyl adjacent to an activating group) is 1. The summed E-state index contributed by atoms with van der Waals surface area (Å²) in [6.45, 7) is 0.401. The molecule has 2 heterocycles. The van der Waals surface area contributed by atoms with Gasteiger partial charge < -0.3 is 14.5 Å². The number of pyridine rings is 1. The first kappa shape index (κ1) is 20.8. The lowest BCUT2D eigenvalue weighted by atomic mass is 9.94. The normalized spacial score (nSPS) is 14.1. The smallest absolute Gasteiger partial charge is 0.233 e. The molecule has 1 saturated carbocycles. The van der Waals surface area contributed by atoms with Crippen LogP contribution in [0.4, 0.5) is 5.95 Å². The van der Waals surface area contributed by atoms with E-state index in [9.17, 15) is 4.79 Å². The molecule has 1 aliphatic rings. The molecule has 0 bridgehead atoms. The van der Waals surface area contributed by atoms with E-state index in [0.29, 0.717) is 12.5 Å². The van der Waals surface area contributed by atoms with E-state index < -0.39 is 5.41 Å². The molecule has 160 valence electrons. The van der Waals surface area contributed by atoms with E-state index in [2.05, 4.69) is 9.97 Å². The molecule has 1 fully saturated rings. The highest BCUT2D eigenvalue weighted by atomic mass is 16.5. The molecule has 0 N–H and O–H groups in total. The summed E-state index contributed by atoms with van der Waals surface area (Å²) in [4.78, 5) is 30.5. The van der Waals surface area contributed by atoms with Crippen molar-refractivity contribution in [1.29, 1.82) is 0 Å². The van der Waals surface area contributed by atoms with Crippen LogP contribution in [-0.4, -0.2) is 54.0 Å². The van der Waals surface area contributed by atoms with Gasteiger partial charge in [0, 0.05) is 45.3 Å². The van der Waals surface area contributed by atoms with Gasteiger partial charge in [-0.3, -0.25) is 9.78 Å². The first-order valence-corrected chi connectivity index (χ1v) is 10.3. The van der Waals surface area contributed by atoms with Crippen molar-refractivity contribution in [2.24, 2.45) is 0 Å². The molecular weight excluding hydrogens is 390 g/mol. The van der Waals surface area contributed by atoms with Gasteiger partial charge in [-0.05, 0) is 48.2 Å². The maximum Gasteiger partial charge on any atom is 0.233 e. The van der Waals surface area contributed by atoms with Crippen molar-refractivity contribution in [2.45, 2.75) is 24.8 Å². The summed E-state index contributed by atoms with van der Waals surface area (Å²) in [5, 5.41) is 0. The van der Waals surface area contributed by atoms with Crippen LogP contribution in [0.2, 0.25) is 0 Å². The molecule has 31 heavy (non-hydrogen) atoms. The number of nitrogens with zero attached hydrogens (tertiary/aromatic N) is 5. The predicted octanol–water partition coefficient (Wildman–Crippen LogP) is 3.30. The zero-order valence-electron chi connectivity index (χ0n) is 18.4. The van der Waals surface area contributed by atoms with Crippen molar-refractivity contribution in [3.63, 3.8) is 0 Å². The molecule has 4 rings (SSSR count). The van der Waals surface area contributed by atoms with Crippen LogP contribution in [0.15, 0.2) is 55.0 Å². The molecule has 0 radical (unpaired) electrons. The minimum absolute atomic E-state index is 0.114. The number of benzene rings is 1. The van der Waals surface area contributed by atoms with Gasteiger partial charge in [-0.1, -0.05) is 12.1 Å². The Morgan fingerprint density at radius 1 is 1.06 bits per heavy atom. The van der Waals surface area contributed by atoms with E-state index in [4.69, 9.17) is 9.72 Å². The fourth-order valence-corrected chi connectivity index (χ4v) is 3.84. The summed E-state index contributed by atoms with van der Waals surface area (Å²) in [5.74, 6) is 1.52. The highest BCUT2D eigenvalue weighted by Gasteiger charge is 2.52. The third-order valence-electron chi connectivity index (χ3n) is 5.78. The fraction of sp³-hybridized carbons (Fsp3) is 0.333. The Balaban J connectivity index is 1.62. The molecule has 0 saturated heterocycles. The second-order valence-electron chi connectivity index (χ2n) is 8.13. The Morgan fingerprint density at radius 2 is 1.74 bits per heavy atom. The molecule has 1 aromatic carbocycles. The summed E-state index contributed by atoms with van der Waals surface area (Å²) in [5.41, 5.74) is 3.28. The van der Waals surface area contributed by atoms with Gasteiger partial charge in [-0.15, -0.1) is 0 Å². The van der Waals surface area contributed by atoms with Gasteiger partial charge in [-0.25, -0.2) is 9.97 Å². The average Bonchev–Trinajstić information content (AvgIpc) is 3.61. The molecule has 3 aromatic rings. The second kappa shape index (κ2) is 8.34. The summed E-state index contributed by atoms with van der Waals surface area (Å²) >= 11 is 0. The molecular formula is C24H27N5O2. The maximum absolute atomic E-state index is 13.5. The second-order valence-corrected chi connectivity index (χ2v) is 8.13. The number of aromatic nitrogens is 3. The van der Waals surface area contributed by atoms with Gasteiger partial charge >= 0.3 is 0 Å². The number of rotatable bonds is 7. The number of carbonyl (C=O) groups is 1. The van der Waals surface area contributed by atoms with E-state index in [-0.39, 0.29) is 5.91 Å². The van der Waals surface area contributed by atoms with Gasteiger partial charge in [0.15, 0.2) is 0 Å². The Labute approximate surface area is 182 Å².